The summed E-state index contributed by atoms with van der Waals surface area (Å²) in [5.74, 6) is -0.521. The highest BCUT2D eigenvalue weighted by atomic mass is 127. The molecular formula is C12H22INO4. The molecule has 0 heterocycles. The van der Waals surface area contributed by atoms with Crippen molar-refractivity contribution in [3.8, 4) is 0 Å². The van der Waals surface area contributed by atoms with Crippen molar-refractivity contribution in [1.82, 2.24) is 5.32 Å². The first kappa shape index (κ1) is 17.8. The zero-order valence-corrected chi connectivity index (χ0v) is 13.4. The predicted molar refractivity (Wildman–Crippen MR) is 77.6 cm³/mol. The van der Waals surface area contributed by atoms with E-state index in [1.807, 2.05) is 22.6 Å². The Morgan fingerprint density at radius 1 is 1.28 bits per heavy atom. The monoisotopic (exact) mass is 371 g/mol. The van der Waals surface area contributed by atoms with Crippen LogP contribution in [-0.2, 0) is 9.59 Å². The van der Waals surface area contributed by atoms with Gasteiger partial charge < -0.3 is 15.5 Å². The number of alkyl halides is 1. The largest absolute Gasteiger partial charge is 0.396 e. The average Bonchev–Trinajstić information content (AvgIpc) is 2.26. The van der Waals surface area contributed by atoms with Gasteiger partial charge in [0.15, 0.2) is 0 Å². The van der Waals surface area contributed by atoms with E-state index < -0.39 is 20.8 Å². The molecule has 1 atom stereocenters. The highest BCUT2D eigenvalue weighted by Crippen LogP contribution is 2.20. The maximum atomic E-state index is 11.6. The fourth-order valence-electron chi connectivity index (χ4n) is 1.13. The van der Waals surface area contributed by atoms with E-state index in [1.54, 1.807) is 27.7 Å². The normalized spacial score (nSPS) is 14.2. The molecule has 0 aromatic carbocycles. The molecule has 5 nitrogen and oxygen atoms in total. The Bertz CT molecular complexity index is 310. The number of aliphatic hydroxyl groups is 2. The van der Waals surface area contributed by atoms with Gasteiger partial charge in [0.25, 0.3) is 0 Å². The summed E-state index contributed by atoms with van der Waals surface area (Å²) in [6.07, 6.45) is -1.06. The number of aliphatic hydroxyl groups excluding tert-OH is 2. The fraction of sp³-hybridized carbons (Fsp3) is 0.833. The summed E-state index contributed by atoms with van der Waals surface area (Å²) in [5, 5.41) is 21.3. The molecule has 0 aromatic heterocycles. The second-order valence-corrected chi connectivity index (χ2v) is 8.18. The lowest BCUT2D eigenvalue weighted by Gasteiger charge is -2.27. The highest BCUT2D eigenvalue weighted by Gasteiger charge is 2.33. The number of ketones is 1. The van der Waals surface area contributed by atoms with Crippen LogP contribution in [0, 0.1) is 5.41 Å². The van der Waals surface area contributed by atoms with Gasteiger partial charge in [-0.3, -0.25) is 9.59 Å². The molecule has 0 fully saturated rings. The molecule has 6 heteroatoms. The molecule has 0 rings (SSSR count). The molecule has 1 amide bonds. The van der Waals surface area contributed by atoms with Crippen LogP contribution >= 0.6 is 22.6 Å². The Labute approximate surface area is 121 Å². The Morgan fingerprint density at radius 3 is 2.17 bits per heavy atom. The van der Waals surface area contributed by atoms with E-state index >= 15 is 0 Å². The van der Waals surface area contributed by atoms with E-state index in [2.05, 4.69) is 5.32 Å². The van der Waals surface area contributed by atoms with E-state index in [0.717, 1.165) is 0 Å². The minimum absolute atomic E-state index is 0.0410. The van der Waals surface area contributed by atoms with Crippen LogP contribution in [-0.4, -0.2) is 44.6 Å². The van der Waals surface area contributed by atoms with Crippen molar-refractivity contribution >= 4 is 34.3 Å². The highest BCUT2D eigenvalue weighted by molar-refractivity contribution is 14.1. The maximum Gasteiger partial charge on any atom is 0.249 e. The SMILES string of the molecule is CC(C)(I)C(=O)CCNC(=O)[C@H](O)C(C)(C)CO. The molecule has 0 aliphatic rings. The third-order valence-corrected chi connectivity index (χ3v) is 3.31. The molecular weight excluding hydrogens is 349 g/mol. The van der Waals surface area contributed by atoms with Gasteiger partial charge in [0.1, 0.15) is 11.9 Å². The van der Waals surface area contributed by atoms with Gasteiger partial charge in [-0.05, 0) is 13.8 Å². The van der Waals surface area contributed by atoms with Gasteiger partial charge in [-0.15, -0.1) is 0 Å². The van der Waals surface area contributed by atoms with E-state index in [9.17, 15) is 14.7 Å². The van der Waals surface area contributed by atoms with Crippen LogP contribution in [0.15, 0.2) is 0 Å². The van der Waals surface area contributed by atoms with Crippen molar-refractivity contribution in [3.63, 3.8) is 0 Å². The zero-order chi connectivity index (χ0) is 14.6. The van der Waals surface area contributed by atoms with Gasteiger partial charge in [0.05, 0.1) is 10.0 Å². The van der Waals surface area contributed by atoms with Gasteiger partial charge in [0, 0.05) is 18.4 Å². The topological polar surface area (TPSA) is 86.6 Å². The third kappa shape index (κ3) is 5.62. The van der Waals surface area contributed by atoms with Crippen molar-refractivity contribution in [1.29, 1.82) is 0 Å². The van der Waals surface area contributed by atoms with E-state index in [-0.39, 0.29) is 25.4 Å². The Balaban J connectivity index is 4.17. The number of hydrogen-bond acceptors (Lipinski definition) is 4. The summed E-state index contributed by atoms with van der Waals surface area (Å²) in [7, 11) is 0. The minimum Gasteiger partial charge on any atom is -0.396 e. The molecule has 0 aliphatic carbocycles. The fourth-order valence-corrected chi connectivity index (χ4v) is 1.40. The lowest BCUT2D eigenvalue weighted by atomic mass is 9.87. The molecule has 0 aromatic rings. The van der Waals surface area contributed by atoms with Crippen LogP contribution in [0.4, 0.5) is 0 Å². The van der Waals surface area contributed by atoms with Gasteiger partial charge in [-0.1, -0.05) is 36.4 Å². The molecule has 0 saturated heterocycles. The van der Waals surface area contributed by atoms with Crippen LogP contribution in [0.1, 0.15) is 34.1 Å². The summed E-state index contributed by atoms with van der Waals surface area (Å²) in [6.45, 7) is 6.71. The van der Waals surface area contributed by atoms with Crippen LogP contribution in [0.2, 0.25) is 0 Å². The molecule has 18 heavy (non-hydrogen) atoms. The van der Waals surface area contributed by atoms with Crippen molar-refractivity contribution in [2.75, 3.05) is 13.2 Å². The number of hydrogen-bond donors (Lipinski definition) is 3. The van der Waals surface area contributed by atoms with E-state index in [4.69, 9.17) is 5.11 Å². The molecule has 106 valence electrons. The van der Waals surface area contributed by atoms with Gasteiger partial charge in [-0.2, -0.15) is 0 Å². The molecule has 0 saturated carbocycles. The first-order valence-electron chi connectivity index (χ1n) is 5.81. The number of halogens is 1. The first-order chi connectivity index (χ1) is 8.02. The number of rotatable bonds is 7. The van der Waals surface area contributed by atoms with Crippen molar-refractivity contribution < 1.29 is 19.8 Å². The van der Waals surface area contributed by atoms with Crippen molar-refractivity contribution in [2.24, 2.45) is 5.41 Å². The van der Waals surface area contributed by atoms with E-state index in [0.29, 0.717) is 0 Å². The lowest BCUT2D eigenvalue weighted by molar-refractivity contribution is -0.137. The summed E-state index contributed by atoms with van der Waals surface area (Å²) in [4.78, 5) is 23.2. The van der Waals surface area contributed by atoms with Crippen LogP contribution in [0.5, 0.6) is 0 Å². The van der Waals surface area contributed by atoms with Crippen molar-refractivity contribution in [2.45, 2.75) is 43.6 Å². The maximum absolute atomic E-state index is 11.6. The number of carbonyl (C=O) groups is 2. The summed E-state index contributed by atoms with van der Waals surface area (Å²) in [5.41, 5.74) is -0.892. The molecule has 0 aliphatic heterocycles. The predicted octanol–water partition coefficient (Wildman–Crippen LogP) is 0.655. The standard InChI is InChI=1S/C12H22INO4/c1-11(2,7-15)9(17)10(18)14-6-5-8(16)12(3,4)13/h9,15,17H,5-7H2,1-4H3,(H,14,18)/t9-/m0/s1. The minimum atomic E-state index is -1.29. The molecule has 0 unspecified atom stereocenters. The smallest absolute Gasteiger partial charge is 0.249 e. The first-order valence-corrected chi connectivity index (χ1v) is 6.89. The van der Waals surface area contributed by atoms with Crippen LogP contribution in [0.25, 0.3) is 0 Å². The number of Topliss-reactive ketones (excluding diaryl/α,β-unsaturated/α-hetero) is 1. The number of nitrogens with one attached hydrogen (secondary N) is 1. The Kier molecular flexibility index (Phi) is 6.73. The lowest BCUT2D eigenvalue weighted by Crippen LogP contribution is -2.46. The quantitative estimate of drug-likeness (QED) is 0.453. The molecule has 0 radical (unpaired) electrons. The van der Waals surface area contributed by atoms with Crippen molar-refractivity contribution in [3.05, 3.63) is 0 Å². The summed E-state index contributed by atoms with van der Waals surface area (Å²) in [6, 6.07) is 0. The molecule has 3 N–H and O–H groups in total. The average molecular weight is 371 g/mol. The van der Waals surface area contributed by atoms with Crippen LogP contribution < -0.4 is 5.32 Å². The zero-order valence-electron chi connectivity index (χ0n) is 11.3. The molecule has 0 bridgehead atoms. The third-order valence-electron chi connectivity index (χ3n) is 2.71. The van der Waals surface area contributed by atoms with Gasteiger partial charge in [0.2, 0.25) is 5.91 Å². The van der Waals surface area contributed by atoms with Gasteiger partial charge >= 0.3 is 0 Å². The Hall–Kier alpha value is -0.210. The van der Waals surface area contributed by atoms with Crippen LogP contribution in [0.3, 0.4) is 0 Å². The summed E-state index contributed by atoms with van der Waals surface area (Å²) >= 11 is 2.05. The number of carbonyl (C=O) groups excluding carboxylic acids is 2. The van der Waals surface area contributed by atoms with E-state index in [1.165, 1.54) is 0 Å². The van der Waals surface area contributed by atoms with Gasteiger partial charge in [-0.25, -0.2) is 0 Å². The summed E-state index contributed by atoms with van der Waals surface area (Å²) < 4.78 is -0.453. The number of amides is 1. The molecule has 0 spiro atoms. The second kappa shape index (κ2) is 6.81. The Morgan fingerprint density at radius 2 is 1.78 bits per heavy atom. The second-order valence-electron chi connectivity index (χ2n) is 5.49.